The van der Waals surface area contributed by atoms with Crippen LogP contribution >= 0.6 is 0 Å². The summed E-state index contributed by atoms with van der Waals surface area (Å²) in [5.74, 6) is 0.928. The molecule has 1 fully saturated rings. The maximum Gasteiger partial charge on any atom is 0.410 e. The minimum Gasteiger partial charge on any atom is -0.444 e. The maximum absolute atomic E-state index is 12.2. The molecule has 2 aromatic rings. The number of pyridine rings is 1. The third kappa shape index (κ3) is 3.86. The van der Waals surface area contributed by atoms with Gasteiger partial charge in [0, 0.05) is 19.3 Å². The number of H-pyrrole nitrogens is 1. The Labute approximate surface area is 147 Å². The number of aromatic nitrogens is 3. The molecule has 1 aliphatic rings. The average Bonchev–Trinajstić information content (AvgIpc) is 2.93. The number of rotatable bonds is 2. The highest BCUT2D eigenvalue weighted by atomic mass is 16.6. The first kappa shape index (κ1) is 17.5. The van der Waals surface area contributed by atoms with E-state index in [9.17, 15) is 4.79 Å². The van der Waals surface area contributed by atoms with E-state index in [2.05, 4.69) is 21.2 Å². The van der Waals surface area contributed by atoms with Crippen LogP contribution in [0, 0.1) is 0 Å². The summed E-state index contributed by atoms with van der Waals surface area (Å²) in [6.07, 6.45) is 5.61. The summed E-state index contributed by atoms with van der Waals surface area (Å²) in [7, 11) is 1.83. The summed E-state index contributed by atoms with van der Waals surface area (Å²) < 4.78 is 5.47. The zero-order valence-corrected chi connectivity index (χ0v) is 15.4. The van der Waals surface area contributed by atoms with Gasteiger partial charge in [-0.1, -0.05) is 0 Å². The Morgan fingerprint density at radius 2 is 2.00 bits per heavy atom. The molecule has 3 rings (SSSR count). The molecule has 2 heterocycles. The quantitative estimate of drug-likeness (QED) is 0.869. The fourth-order valence-corrected chi connectivity index (χ4v) is 3.44. The molecule has 25 heavy (non-hydrogen) atoms. The van der Waals surface area contributed by atoms with Gasteiger partial charge in [0.05, 0.1) is 5.39 Å². The van der Waals surface area contributed by atoms with E-state index < -0.39 is 5.60 Å². The second-order valence-electron chi connectivity index (χ2n) is 7.87. The average molecular weight is 345 g/mol. The molecule has 7 heteroatoms. The van der Waals surface area contributed by atoms with Crippen LogP contribution in [0.4, 0.5) is 10.6 Å². The molecule has 0 bridgehead atoms. The van der Waals surface area contributed by atoms with Crippen LogP contribution in [0.15, 0.2) is 12.3 Å². The molecule has 2 aromatic heterocycles. The molecule has 0 aromatic carbocycles. The van der Waals surface area contributed by atoms with E-state index in [0.717, 1.165) is 36.7 Å². The number of anilines is 1. The Morgan fingerprint density at radius 1 is 1.32 bits per heavy atom. The number of carbonyl (C=O) groups is 1. The van der Waals surface area contributed by atoms with Crippen molar-refractivity contribution in [1.82, 2.24) is 20.1 Å². The number of ether oxygens (including phenoxy) is 1. The van der Waals surface area contributed by atoms with Gasteiger partial charge in [-0.15, -0.1) is 0 Å². The minimum absolute atomic E-state index is 0.224. The van der Waals surface area contributed by atoms with Gasteiger partial charge in [0.15, 0.2) is 11.5 Å². The van der Waals surface area contributed by atoms with Crippen molar-refractivity contribution >= 4 is 22.9 Å². The van der Waals surface area contributed by atoms with Crippen LogP contribution in [0.1, 0.15) is 57.9 Å². The maximum atomic E-state index is 12.2. The lowest BCUT2D eigenvalue weighted by Gasteiger charge is -2.35. The van der Waals surface area contributed by atoms with Crippen molar-refractivity contribution in [2.45, 2.75) is 64.0 Å². The number of nitrogens with two attached hydrogens (primary N) is 1. The van der Waals surface area contributed by atoms with Crippen LogP contribution in [0.2, 0.25) is 0 Å². The van der Waals surface area contributed by atoms with Crippen molar-refractivity contribution in [3.8, 4) is 0 Å². The molecule has 0 spiro atoms. The van der Waals surface area contributed by atoms with E-state index in [1.807, 2.05) is 34.0 Å². The number of carbonyl (C=O) groups excluding carboxylic acids is 1. The lowest BCUT2D eigenvalue weighted by molar-refractivity contribution is 0.0183. The molecule has 1 saturated carbocycles. The van der Waals surface area contributed by atoms with Crippen molar-refractivity contribution in [3.63, 3.8) is 0 Å². The Kier molecular flexibility index (Phi) is 4.58. The van der Waals surface area contributed by atoms with Crippen LogP contribution in [0.3, 0.4) is 0 Å². The van der Waals surface area contributed by atoms with Crippen LogP contribution < -0.4 is 5.73 Å². The Morgan fingerprint density at radius 3 is 2.64 bits per heavy atom. The van der Waals surface area contributed by atoms with Gasteiger partial charge >= 0.3 is 6.09 Å². The molecule has 7 nitrogen and oxygen atoms in total. The number of nitrogen functional groups attached to an aromatic ring is 1. The largest absolute Gasteiger partial charge is 0.444 e. The number of aromatic amines is 1. The predicted molar refractivity (Wildman–Crippen MR) is 97.3 cm³/mol. The van der Waals surface area contributed by atoms with Crippen LogP contribution in [0.25, 0.3) is 11.0 Å². The molecule has 3 N–H and O–H groups in total. The summed E-state index contributed by atoms with van der Waals surface area (Å²) in [4.78, 5) is 18.4. The van der Waals surface area contributed by atoms with Crippen molar-refractivity contribution < 1.29 is 9.53 Å². The molecule has 1 aliphatic carbocycles. The van der Waals surface area contributed by atoms with Gasteiger partial charge in [-0.2, -0.15) is 5.10 Å². The van der Waals surface area contributed by atoms with E-state index in [1.165, 1.54) is 5.56 Å². The molecule has 1 amide bonds. The second-order valence-corrected chi connectivity index (χ2v) is 7.87. The molecule has 0 atom stereocenters. The Bertz CT molecular complexity index is 756. The standard InChI is InChI=1S/C18H27N5O2/c1-18(2,3)25-17(24)23(4)13-7-5-11(6-8-13)12-9-14-15(19)21-22-16(14)20-10-12/h9-11,13H,5-8H2,1-4H3,(H3,19,20,21,22). The van der Waals surface area contributed by atoms with E-state index in [1.54, 1.807) is 4.90 Å². The lowest BCUT2D eigenvalue weighted by Crippen LogP contribution is -2.42. The zero-order valence-electron chi connectivity index (χ0n) is 15.4. The number of nitrogens with zero attached hydrogens (tertiary/aromatic N) is 3. The number of hydrogen-bond acceptors (Lipinski definition) is 5. The first-order valence-corrected chi connectivity index (χ1v) is 8.80. The normalized spacial score (nSPS) is 21.3. The highest BCUT2D eigenvalue weighted by Crippen LogP contribution is 2.35. The topological polar surface area (TPSA) is 97.1 Å². The molecular weight excluding hydrogens is 318 g/mol. The summed E-state index contributed by atoms with van der Waals surface area (Å²) in [6.45, 7) is 5.67. The molecule has 0 saturated heterocycles. The van der Waals surface area contributed by atoms with Crippen LogP contribution in [-0.4, -0.2) is 44.9 Å². The first-order valence-electron chi connectivity index (χ1n) is 8.80. The first-order chi connectivity index (χ1) is 11.7. The van der Waals surface area contributed by atoms with Gasteiger partial charge < -0.3 is 15.4 Å². The van der Waals surface area contributed by atoms with Gasteiger partial charge in [0.2, 0.25) is 0 Å². The van der Waals surface area contributed by atoms with Crippen molar-refractivity contribution in [2.75, 3.05) is 12.8 Å². The predicted octanol–water partition coefficient (Wildman–Crippen LogP) is 3.43. The SMILES string of the molecule is CN(C(=O)OC(C)(C)C)C1CCC(c2cnc3[nH]nc(N)c3c2)CC1. The van der Waals surface area contributed by atoms with E-state index in [0.29, 0.717) is 11.7 Å². The summed E-state index contributed by atoms with van der Waals surface area (Å²) in [5, 5.41) is 7.70. The highest BCUT2D eigenvalue weighted by Gasteiger charge is 2.30. The summed E-state index contributed by atoms with van der Waals surface area (Å²) in [6, 6.07) is 2.31. The summed E-state index contributed by atoms with van der Waals surface area (Å²) >= 11 is 0. The van der Waals surface area contributed by atoms with Crippen LogP contribution in [0.5, 0.6) is 0 Å². The van der Waals surface area contributed by atoms with Crippen LogP contribution in [-0.2, 0) is 4.74 Å². The monoisotopic (exact) mass is 345 g/mol. The minimum atomic E-state index is -0.464. The van der Waals surface area contributed by atoms with E-state index in [-0.39, 0.29) is 12.1 Å². The Hall–Kier alpha value is -2.31. The van der Waals surface area contributed by atoms with Gasteiger partial charge in [-0.25, -0.2) is 9.78 Å². The molecular formula is C18H27N5O2. The fraction of sp³-hybridized carbons (Fsp3) is 0.611. The molecule has 136 valence electrons. The van der Waals surface area contributed by atoms with E-state index >= 15 is 0 Å². The van der Waals surface area contributed by atoms with E-state index in [4.69, 9.17) is 10.5 Å². The third-order valence-electron chi connectivity index (χ3n) is 4.86. The lowest BCUT2D eigenvalue weighted by atomic mass is 9.82. The van der Waals surface area contributed by atoms with Gasteiger partial charge in [-0.3, -0.25) is 5.10 Å². The number of hydrogen-bond donors (Lipinski definition) is 2. The number of amides is 1. The van der Waals surface area contributed by atoms with Crippen molar-refractivity contribution in [3.05, 3.63) is 17.8 Å². The molecule has 0 unspecified atom stereocenters. The number of fused-ring (bicyclic) bond motifs is 1. The smallest absolute Gasteiger partial charge is 0.410 e. The highest BCUT2D eigenvalue weighted by molar-refractivity contribution is 5.86. The Balaban J connectivity index is 1.62. The summed E-state index contributed by atoms with van der Waals surface area (Å²) in [5.41, 5.74) is 7.33. The van der Waals surface area contributed by atoms with Gasteiger partial charge in [0.1, 0.15) is 5.60 Å². The number of nitrogens with one attached hydrogen (secondary N) is 1. The third-order valence-corrected chi connectivity index (χ3v) is 4.86. The zero-order chi connectivity index (χ0) is 18.2. The second kappa shape index (κ2) is 6.54. The van der Waals surface area contributed by atoms with Gasteiger partial charge in [-0.05, 0) is 64.0 Å². The molecule has 0 radical (unpaired) electrons. The molecule has 0 aliphatic heterocycles. The van der Waals surface area contributed by atoms with Crippen molar-refractivity contribution in [2.24, 2.45) is 0 Å². The van der Waals surface area contributed by atoms with Gasteiger partial charge in [0.25, 0.3) is 0 Å². The van der Waals surface area contributed by atoms with Crippen molar-refractivity contribution in [1.29, 1.82) is 0 Å². The fourth-order valence-electron chi connectivity index (χ4n) is 3.44.